The lowest BCUT2D eigenvalue weighted by Crippen LogP contribution is -2.58. The quantitative estimate of drug-likeness (QED) is 0.771. The Hall–Kier alpha value is -2.41. The van der Waals surface area contributed by atoms with Gasteiger partial charge in [0.05, 0.1) is 6.10 Å². The van der Waals surface area contributed by atoms with E-state index in [-0.39, 0.29) is 37.6 Å². The van der Waals surface area contributed by atoms with Gasteiger partial charge in [-0.2, -0.15) is 0 Å². The summed E-state index contributed by atoms with van der Waals surface area (Å²) < 4.78 is 0. The fourth-order valence-corrected chi connectivity index (χ4v) is 4.04. The molecule has 0 spiro atoms. The van der Waals surface area contributed by atoms with Gasteiger partial charge in [0.25, 0.3) is 0 Å². The van der Waals surface area contributed by atoms with Gasteiger partial charge in [0.15, 0.2) is 0 Å². The zero-order valence-electron chi connectivity index (χ0n) is 15.3. The second kappa shape index (κ2) is 8.08. The summed E-state index contributed by atoms with van der Waals surface area (Å²) in [7, 11) is 0. The first-order chi connectivity index (χ1) is 12.9. The first-order valence-corrected chi connectivity index (χ1v) is 9.43. The molecule has 0 saturated carbocycles. The van der Waals surface area contributed by atoms with Gasteiger partial charge in [0.2, 0.25) is 11.8 Å². The van der Waals surface area contributed by atoms with Crippen LogP contribution in [0, 0.1) is 5.41 Å². The van der Waals surface area contributed by atoms with Crippen molar-refractivity contribution in [3.05, 3.63) is 35.9 Å². The van der Waals surface area contributed by atoms with E-state index in [4.69, 9.17) is 0 Å². The number of piperidine rings is 1. The summed E-state index contributed by atoms with van der Waals surface area (Å²) >= 11 is 0. The second-order valence-corrected chi connectivity index (χ2v) is 7.48. The Kier molecular flexibility index (Phi) is 5.79. The summed E-state index contributed by atoms with van der Waals surface area (Å²) in [6.07, 6.45) is 0.917. The smallest absolute Gasteiger partial charge is 0.314 e. The lowest BCUT2D eigenvalue weighted by atomic mass is 9.72. The third-order valence-electron chi connectivity index (χ3n) is 5.69. The number of benzene rings is 1. The van der Waals surface area contributed by atoms with E-state index in [1.54, 1.807) is 4.90 Å². The first kappa shape index (κ1) is 19.4. The van der Waals surface area contributed by atoms with Gasteiger partial charge >= 0.3 is 5.97 Å². The number of likely N-dealkylation sites (tertiary alicyclic amines) is 2. The Morgan fingerprint density at radius 1 is 1.19 bits per heavy atom. The standard InChI is InChI=1S/C20H26N2O5/c23-16-8-11-22(18(25)9-12-21-10-4-7-17(21)24)14-20(16,19(26)27)13-15-5-2-1-3-6-15/h1-3,5-6,16,23H,4,7-14H2,(H,26,27)/t16-,20+/m0/s1. The van der Waals surface area contributed by atoms with E-state index in [9.17, 15) is 24.6 Å². The number of aliphatic carboxylic acids is 1. The second-order valence-electron chi connectivity index (χ2n) is 7.48. The number of aliphatic hydroxyl groups is 1. The van der Waals surface area contributed by atoms with Crippen LogP contribution in [0.1, 0.15) is 31.2 Å². The molecule has 7 nitrogen and oxygen atoms in total. The summed E-state index contributed by atoms with van der Waals surface area (Å²) in [5, 5.41) is 20.4. The molecule has 2 fully saturated rings. The molecular formula is C20H26N2O5. The minimum absolute atomic E-state index is 0.0226. The van der Waals surface area contributed by atoms with Crippen LogP contribution in [0.5, 0.6) is 0 Å². The Bertz CT molecular complexity index is 708. The molecule has 27 heavy (non-hydrogen) atoms. The van der Waals surface area contributed by atoms with Crippen LogP contribution in [0.2, 0.25) is 0 Å². The van der Waals surface area contributed by atoms with Crippen molar-refractivity contribution in [2.45, 2.75) is 38.2 Å². The van der Waals surface area contributed by atoms with E-state index < -0.39 is 17.5 Å². The maximum absolute atomic E-state index is 12.6. The van der Waals surface area contributed by atoms with Gasteiger partial charge in [0, 0.05) is 39.0 Å². The molecule has 0 unspecified atom stereocenters. The van der Waals surface area contributed by atoms with Gasteiger partial charge in [0.1, 0.15) is 5.41 Å². The van der Waals surface area contributed by atoms with Crippen molar-refractivity contribution in [1.82, 2.24) is 9.80 Å². The summed E-state index contributed by atoms with van der Waals surface area (Å²) in [4.78, 5) is 39.7. The van der Waals surface area contributed by atoms with Crippen LogP contribution in [0.25, 0.3) is 0 Å². The highest BCUT2D eigenvalue weighted by Gasteiger charge is 2.50. The van der Waals surface area contributed by atoms with Crippen molar-refractivity contribution < 1.29 is 24.6 Å². The minimum Gasteiger partial charge on any atom is -0.481 e. The Balaban J connectivity index is 1.70. The normalized spacial score (nSPS) is 25.7. The molecule has 146 valence electrons. The maximum Gasteiger partial charge on any atom is 0.314 e. The average Bonchev–Trinajstić information content (AvgIpc) is 3.07. The highest BCUT2D eigenvalue weighted by molar-refractivity contribution is 5.82. The summed E-state index contributed by atoms with van der Waals surface area (Å²) in [6.45, 7) is 1.36. The third-order valence-corrected chi connectivity index (χ3v) is 5.69. The van der Waals surface area contributed by atoms with Gasteiger partial charge in [-0.05, 0) is 24.8 Å². The number of amides is 2. The topological polar surface area (TPSA) is 98.2 Å². The molecule has 0 aromatic heterocycles. The van der Waals surface area contributed by atoms with E-state index in [1.165, 1.54) is 4.90 Å². The minimum atomic E-state index is -1.42. The fraction of sp³-hybridized carbons (Fsp3) is 0.550. The molecule has 2 atom stereocenters. The first-order valence-electron chi connectivity index (χ1n) is 9.43. The molecule has 3 rings (SSSR count). The number of rotatable bonds is 6. The van der Waals surface area contributed by atoms with E-state index >= 15 is 0 Å². The van der Waals surface area contributed by atoms with Crippen molar-refractivity contribution in [3.63, 3.8) is 0 Å². The monoisotopic (exact) mass is 374 g/mol. The average molecular weight is 374 g/mol. The van der Waals surface area contributed by atoms with Crippen LogP contribution < -0.4 is 0 Å². The highest BCUT2D eigenvalue weighted by atomic mass is 16.4. The number of hydrogen-bond acceptors (Lipinski definition) is 4. The number of nitrogens with zero attached hydrogens (tertiary/aromatic N) is 2. The lowest BCUT2D eigenvalue weighted by molar-refractivity contribution is -0.165. The zero-order valence-corrected chi connectivity index (χ0v) is 15.3. The highest BCUT2D eigenvalue weighted by Crippen LogP contribution is 2.35. The molecule has 2 saturated heterocycles. The molecule has 2 N–H and O–H groups in total. The number of aliphatic hydroxyl groups excluding tert-OH is 1. The molecular weight excluding hydrogens is 348 g/mol. The summed E-state index contributed by atoms with van der Waals surface area (Å²) in [5.41, 5.74) is -0.602. The fourth-order valence-electron chi connectivity index (χ4n) is 4.04. The van der Waals surface area contributed by atoms with Crippen LogP contribution in [-0.4, -0.2) is 70.1 Å². The molecule has 1 aromatic carbocycles. The number of carboxylic acids is 1. The van der Waals surface area contributed by atoms with Crippen LogP contribution in [0.15, 0.2) is 30.3 Å². The van der Waals surface area contributed by atoms with Gasteiger partial charge in [-0.15, -0.1) is 0 Å². The van der Waals surface area contributed by atoms with E-state index in [1.807, 2.05) is 30.3 Å². The predicted octanol–water partition coefficient (Wildman–Crippen LogP) is 0.906. The number of hydrogen-bond donors (Lipinski definition) is 2. The van der Waals surface area contributed by atoms with Crippen molar-refractivity contribution in [3.8, 4) is 0 Å². The molecule has 7 heteroatoms. The molecule has 2 aliphatic rings. The number of carbonyl (C=O) groups excluding carboxylic acids is 2. The molecule has 2 heterocycles. The Morgan fingerprint density at radius 3 is 2.56 bits per heavy atom. The van der Waals surface area contributed by atoms with Crippen molar-refractivity contribution in [2.24, 2.45) is 5.41 Å². The SMILES string of the molecule is O=C1CCCN1CCC(=O)N1CC[C@H](O)[C@](Cc2ccccc2)(C(=O)O)C1. The van der Waals surface area contributed by atoms with Crippen molar-refractivity contribution >= 4 is 17.8 Å². The van der Waals surface area contributed by atoms with Gasteiger partial charge in [-0.3, -0.25) is 14.4 Å². The van der Waals surface area contributed by atoms with Crippen LogP contribution >= 0.6 is 0 Å². The Morgan fingerprint density at radius 2 is 1.93 bits per heavy atom. The van der Waals surface area contributed by atoms with E-state index in [2.05, 4.69) is 0 Å². The van der Waals surface area contributed by atoms with Crippen molar-refractivity contribution in [1.29, 1.82) is 0 Å². The summed E-state index contributed by atoms with van der Waals surface area (Å²) in [5.74, 6) is -1.19. The zero-order chi connectivity index (χ0) is 19.4. The van der Waals surface area contributed by atoms with Crippen molar-refractivity contribution in [2.75, 3.05) is 26.2 Å². The largest absolute Gasteiger partial charge is 0.481 e. The molecule has 1 aromatic rings. The van der Waals surface area contributed by atoms with Crippen LogP contribution in [-0.2, 0) is 20.8 Å². The van der Waals surface area contributed by atoms with Crippen LogP contribution in [0.3, 0.4) is 0 Å². The predicted molar refractivity (Wildman–Crippen MR) is 97.8 cm³/mol. The molecule has 2 amide bonds. The Labute approximate surface area is 158 Å². The van der Waals surface area contributed by atoms with Gasteiger partial charge < -0.3 is 20.0 Å². The number of carboxylic acid groups (broad SMARTS) is 1. The third kappa shape index (κ3) is 4.13. The molecule has 2 aliphatic heterocycles. The van der Waals surface area contributed by atoms with Gasteiger partial charge in [-0.25, -0.2) is 0 Å². The molecule has 0 radical (unpaired) electrons. The van der Waals surface area contributed by atoms with E-state index in [0.717, 1.165) is 12.0 Å². The lowest BCUT2D eigenvalue weighted by Gasteiger charge is -2.43. The maximum atomic E-state index is 12.6. The molecule has 0 aliphatic carbocycles. The molecule has 0 bridgehead atoms. The summed E-state index contributed by atoms with van der Waals surface area (Å²) in [6, 6.07) is 9.17. The van der Waals surface area contributed by atoms with Crippen LogP contribution in [0.4, 0.5) is 0 Å². The van der Waals surface area contributed by atoms with Gasteiger partial charge in [-0.1, -0.05) is 30.3 Å². The van der Waals surface area contributed by atoms with E-state index in [0.29, 0.717) is 26.1 Å². The number of carbonyl (C=O) groups is 3.